The highest BCUT2D eigenvalue weighted by molar-refractivity contribution is 14.0. The average molecular weight is 419 g/mol. The SMILES string of the molecule is C=CCOc1ccccc1CNC(=NC)NCCOCC.I. The van der Waals surface area contributed by atoms with Crippen LogP contribution in [-0.2, 0) is 11.3 Å². The fourth-order valence-electron chi connectivity index (χ4n) is 1.72. The summed E-state index contributed by atoms with van der Waals surface area (Å²) in [5.74, 6) is 1.60. The molecule has 0 unspecified atom stereocenters. The van der Waals surface area contributed by atoms with Gasteiger partial charge in [-0.1, -0.05) is 30.9 Å². The van der Waals surface area contributed by atoms with Crippen molar-refractivity contribution in [3.63, 3.8) is 0 Å². The molecule has 0 fully saturated rings. The molecule has 1 aromatic rings. The Morgan fingerprint density at radius 2 is 2.09 bits per heavy atom. The number of nitrogens with one attached hydrogen (secondary N) is 2. The standard InChI is InChI=1S/C16H25N3O2.HI/c1-4-11-21-15-9-7-6-8-14(15)13-19-16(17-3)18-10-12-20-5-2;/h4,6-9H,1,5,10-13H2,2-3H3,(H2,17,18,19);1H. The fraction of sp³-hybridized carbons (Fsp3) is 0.438. The Bertz CT molecular complexity index is 453. The van der Waals surface area contributed by atoms with Crippen molar-refractivity contribution >= 4 is 29.9 Å². The third kappa shape index (κ3) is 8.23. The Hall–Kier alpha value is -1.28. The maximum absolute atomic E-state index is 5.63. The number of rotatable bonds is 9. The Labute approximate surface area is 150 Å². The van der Waals surface area contributed by atoms with Gasteiger partial charge < -0.3 is 20.1 Å². The van der Waals surface area contributed by atoms with Crippen LogP contribution in [0.5, 0.6) is 5.75 Å². The van der Waals surface area contributed by atoms with E-state index in [1.807, 2.05) is 31.2 Å². The van der Waals surface area contributed by atoms with Gasteiger partial charge in [-0.15, -0.1) is 24.0 Å². The number of halogens is 1. The number of hydrogen-bond donors (Lipinski definition) is 2. The van der Waals surface area contributed by atoms with Gasteiger partial charge >= 0.3 is 0 Å². The van der Waals surface area contributed by atoms with Crippen LogP contribution in [0.15, 0.2) is 41.9 Å². The topological polar surface area (TPSA) is 54.9 Å². The summed E-state index contributed by atoms with van der Waals surface area (Å²) in [5.41, 5.74) is 1.08. The van der Waals surface area contributed by atoms with Crippen LogP contribution in [0.25, 0.3) is 0 Å². The lowest BCUT2D eigenvalue weighted by Crippen LogP contribution is -2.38. The van der Waals surface area contributed by atoms with Gasteiger partial charge in [-0.3, -0.25) is 4.99 Å². The van der Waals surface area contributed by atoms with Crippen LogP contribution >= 0.6 is 24.0 Å². The van der Waals surface area contributed by atoms with Crippen LogP contribution in [0, 0.1) is 0 Å². The van der Waals surface area contributed by atoms with Crippen molar-refractivity contribution in [1.82, 2.24) is 10.6 Å². The predicted molar refractivity (Wildman–Crippen MR) is 102 cm³/mol. The van der Waals surface area contributed by atoms with Crippen LogP contribution in [0.3, 0.4) is 0 Å². The Morgan fingerprint density at radius 3 is 2.77 bits per heavy atom. The lowest BCUT2D eigenvalue weighted by Gasteiger charge is -2.14. The highest BCUT2D eigenvalue weighted by Crippen LogP contribution is 2.17. The van der Waals surface area contributed by atoms with Crippen molar-refractivity contribution in [1.29, 1.82) is 0 Å². The quantitative estimate of drug-likeness (QED) is 0.213. The molecule has 0 aromatic heterocycles. The molecule has 0 saturated heterocycles. The fourth-order valence-corrected chi connectivity index (χ4v) is 1.72. The summed E-state index contributed by atoms with van der Waals surface area (Å²) in [6, 6.07) is 7.92. The molecule has 124 valence electrons. The third-order valence-electron chi connectivity index (χ3n) is 2.74. The van der Waals surface area contributed by atoms with Gasteiger partial charge in [-0.05, 0) is 13.0 Å². The van der Waals surface area contributed by atoms with Crippen molar-refractivity contribution in [2.75, 3.05) is 33.4 Å². The normalized spacial score (nSPS) is 10.5. The maximum atomic E-state index is 5.63. The van der Waals surface area contributed by atoms with Gasteiger partial charge in [0.2, 0.25) is 0 Å². The molecule has 0 aliphatic heterocycles. The monoisotopic (exact) mass is 419 g/mol. The van der Waals surface area contributed by atoms with Gasteiger partial charge in [-0.2, -0.15) is 0 Å². The van der Waals surface area contributed by atoms with E-state index in [0.29, 0.717) is 19.8 Å². The van der Waals surface area contributed by atoms with Gasteiger partial charge in [-0.25, -0.2) is 0 Å². The second kappa shape index (κ2) is 13.4. The summed E-state index contributed by atoms with van der Waals surface area (Å²) >= 11 is 0. The zero-order chi connectivity index (χ0) is 15.3. The molecule has 1 aromatic carbocycles. The first kappa shape index (κ1) is 20.7. The molecule has 0 atom stereocenters. The minimum atomic E-state index is 0. The highest BCUT2D eigenvalue weighted by Gasteiger charge is 2.03. The van der Waals surface area contributed by atoms with E-state index >= 15 is 0 Å². The number of ether oxygens (including phenoxy) is 2. The van der Waals surface area contributed by atoms with Crippen molar-refractivity contribution in [2.45, 2.75) is 13.5 Å². The number of aliphatic imine (C=N–C) groups is 1. The zero-order valence-electron chi connectivity index (χ0n) is 13.3. The van der Waals surface area contributed by atoms with E-state index < -0.39 is 0 Å². The van der Waals surface area contributed by atoms with Crippen LogP contribution in [0.2, 0.25) is 0 Å². The molecule has 22 heavy (non-hydrogen) atoms. The number of hydrogen-bond acceptors (Lipinski definition) is 3. The maximum Gasteiger partial charge on any atom is 0.191 e. The lowest BCUT2D eigenvalue weighted by molar-refractivity contribution is 0.152. The lowest BCUT2D eigenvalue weighted by atomic mass is 10.2. The highest BCUT2D eigenvalue weighted by atomic mass is 127. The summed E-state index contributed by atoms with van der Waals surface area (Å²) in [6.45, 7) is 8.89. The zero-order valence-corrected chi connectivity index (χ0v) is 15.6. The molecule has 0 aliphatic carbocycles. The second-order valence-electron chi connectivity index (χ2n) is 4.26. The molecule has 0 saturated carbocycles. The number of nitrogens with zero attached hydrogens (tertiary/aromatic N) is 1. The van der Waals surface area contributed by atoms with E-state index in [4.69, 9.17) is 9.47 Å². The first-order valence-corrected chi connectivity index (χ1v) is 7.15. The molecule has 0 aliphatic rings. The molecular formula is C16H26IN3O2. The number of para-hydroxylation sites is 1. The third-order valence-corrected chi connectivity index (χ3v) is 2.74. The van der Waals surface area contributed by atoms with Crippen molar-refractivity contribution in [3.8, 4) is 5.75 Å². The van der Waals surface area contributed by atoms with Crippen molar-refractivity contribution in [3.05, 3.63) is 42.5 Å². The van der Waals surface area contributed by atoms with Gasteiger partial charge in [0.15, 0.2) is 5.96 Å². The minimum Gasteiger partial charge on any atom is -0.489 e. The summed E-state index contributed by atoms with van der Waals surface area (Å²) in [5, 5.41) is 6.45. The van der Waals surface area contributed by atoms with Crippen molar-refractivity contribution < 1.29 is 9.47 Å². The molecule has 6 heteroatoms. The van der Waals surface area contributed by atoms with Crippen LogP contribution in [-0.4, -0.2) is 39.4 Å². The smallest absolute Gasteiger partial charge is 0.191 e. The summed E-state index contributed by atoms with van der Waals surface area (Å²) in [4.78, 5) is 4.17. The van der Waals surface area contributed by atoms with Gasteiger partial charge in [0, 0.05) is 32.3 Å². The first-order valence-electron chi connectivity index (χ1n) is 7.15. The van der Waals surface area contributed by atoms with Crippen molar-refractivity contribution in [2.24, 2.45) is 4.99 Å². The minimum absolute atomic E-state index is 0. The number of guanidine groups is 1. The van der Waals surface area contributed by atoms with E-state index in [2.05, 4.69) is 22.2 Å². The summed E-state index contributed by atoms with van der Waals surface area (Å²) in [6.07, 6.45) is 1.73. The molecular weight excluding hydrogens is 393 g/mol. The Morgan fingerprint density at radius 1 is 1.32 bits per heavy atom. The van der Waals surface area contributed by atoms with E-state index in [9.17, 15) is 0 Å². The second-order valence-corrected chi connectivity index (χ2v) is 4.26. The molecule has 0 radical (unpaired) electrons. The molecule has 0 bridgehead atoms. The average Bonchev–Trinajstić information content (AvgIpc) is 2.53. The Kier molecular flexibility index (Phi) is 12.6. The Balaban J connectivity index is 0.00000441. The van der Waals surface area contributed by atoms with E-state index in [-0.39, 0.29) is 24.0 Å². The molecule has 2 N–H and O–H groups in total. The number of benzene rings is 1. The molecule has 0 heterocycles. The van der Waals surface area contributed by atoms with Crippen LogP contribution < -0.4 is 15.4 Å². The molecule has 0 amide bonds. The van der Waals surface area contributed by atoms with E-state index in [1.165, 1.54) is 0 Å². The molecule has 1 rings (SSSR count). The van der Waals surface area contributed by atoms with Crippen LogP contribution in [0.1, 0.15) is 12.5 Å². The molecule has 0 spiro atoms. The van der Waals surface area contributed by atoms with Gasteiger partial charge in [0.25, 0.3) is 0 Å². The first-order chi connectivity index (χ1) is 10.3. The van der Waals surface area contributed by atoms with Crippen LogP contribution in [0.4, 0.5) is 0 Å². The molecule has 5 nitrogen and oxygen atoms in total. The summed E-state index contributed by atoms with van der Waals surface area (Å²) < 4.78 is 10.9. The predicted octanol–water partition coefficient (Wildman–Crippen LogP) is 2.57. The van der Waals surface area contributed by atoms with Gasteiger partial charge in [0.05, 0.1) is 6.61 Å². The largest absolute Gasteiger partial charge is 0.489 e. The van der Waals surface area contributed by atoms with E-state index in [1.54, 1.807) is 13.1 Å². The van der Waals surface area contributed by atoms with Gasteiger partial charge in [0.1, 0.15) is 12.4 Å². The summed E-state index contributed by atoms with van der Waals surface area (Å²) in [7, 11) is 1.75. The van der Waals surface area contributed by atoms with E-state index in [0.717, 1.165) is 30.4 Å².